The molecule has 0 aliphatic carbocycles. The second-order valence-electron chi connectivity index (χ2n) is 5.32. The summed E-state index contributed by atoms with van der Waals surface area (Å²) in [5.41, 5.74) is 0.233. The Balaban J connectivity index is 2.17. The van der Waals surface area contributed by atoms with Gasteiger partial charge in [-0.1, -0.05) is 0 Å². The molecule has 138 valence electrons. The second-order valence-corrected chi connectivity index (χ2v) is 5.32. The van der Waals surface area contributed by atoms with Crippen molar-refractivity contribution in [1.82, 2.24) is 0 Å². The Morgan fingerprint density at radius 2 is 1.73 bits per heavy atom. The summed E-state index contributed by atoms with van der Waals surface area (Å²) in [7, 11) is 2.94. The summed E-state index contributed by atoms with van der Waals surface area (Å²) >= 11 is 0. The zero-order chi connectivity index (χ0) is 19.3. The van der Waals surface area contributed by atoms with Gasteiger partial charge < -0.3 is 19.7 Å². The maximum Gasteiger partial charge on any atom is 0.244 e. The summed E-state index contributed by atoms with van der Waals surface area (Å²) in [4.78, 5) is 25.0. The fraction of sp³-hybridized carbons (Fsp3) is 0.222. The summed E-state index contributed by atoms with van der Waals surface area (Å²) in [6.07, 6.45) is 0. The van der Waals surface area contributed by atoms with E-state index in [1.165, 1.54) is 21.1 Å². The number of carbonyl (C=O) groups excluding carboxylic acids is 2. The van der Waals surface area contributed by atoms with Crippen molar-refractivity contribution in [2.45, 2.75) is 6.92 Å². The van der Waals surface area contributed by atoms with E-state index in [-0.39, 0.29) is 5.69 Å². The van der Waals surface area contributed by atoms with E-state index in [1.54, 1.807) is 18.2 Å². The normalized spacial score (nSPS) is 10.2. The molecule has 0 unspecified atom stereocenters. The molecule has 0 atom stereocenters. The molecule has 1 N–H and O–H groups in total. The molecule has 6 nitrogen and oxygen atoms in total. The van der Waals surface area contributed by atoms with Crippen LogP contribution in [-0.2, 0) is 9.59 Å². The van der Waals surface area contributed by atoms with Gasteiger partial charge in [0.25, 0.3) is 0 Å². The Morgan fingerprint density at radius 3 is 2.31 bits per heavy atom. The SMILES string of the molecule is COc1ccc(NC(=O)CN(C(C)=O)c2ccc(F)cc2F)cc1OC. The summed E-state index contributed by atoms with van der Waals surface area (Å²) in [5.74, 6) is -1.92. The number of amides is 2. The first-order chi connectivity index (χ1) is 12.3. The van der Waals surface area contributed by atoms with Gasteiger partial charge in [0.2, 0.25) is 11.8 Å². The number of carbonyl (C=O) groups is 2. The lowest BCUT2D eigenvalue weighted by Crippen LogP contribution is -2.37. The van der Waals surface area contributed by atoms with Crippen LogP contribution in [0.25, 0.3) is 0 Å². The van der Waals surface area contributed by atoms with E-state index in [0.29, 0.717) is 23.3 Å². The topological polar surface area (TPSA) is 67.9 Å². The maximum absolute atomic E-state index is 13.9. The molecule has 0 fully saturated rings. The van der Waals surface area contributed by atoms with Gasteiger partial charge in [-0.25, -0.2) is 8.78 Å². The van der Waals surface area contributed by atoms with Crippen LogP contribution in [0.3, 0.4) is 0 Å². The highest BCUT2D eigenvalue weighted by Crippen LogP contribution is 2.29. The van der Waals surface area contributed by atoms with Crippen molar-refractivity contribution in [1.29, 1.82) is 0 Å². The van der Waals surface area contributed by atoms with Gasteiger partial charge in [-0.05, 0) is 24.3 Å². The van der Waals surface area contributed by atoms with Crippen molar-refractivity contribution in [3.8, 4) is 11.5 Å². The second kappa shape index (κ2) is 8.28. The average molecular weight is 364 g/mol. The number of methoxy groups -OCH3 is 2. The van der Waals surface area contributed by atoms with Gasteiger partial charge in [-0.15, -0.1) is 0 Å². The molecule has 0 aliphatic rings. The highest BCUT2D eigenvalue weighted by molar-refractivity contribution is 6.02. The minimum Gasteiger partial charge on any atom is -0.493 e. The maximum atomic E-state index is 13.9. The molecule has 0 radical (unpaired) electrons. The average Bonchev–Trinajstić information content (AvgIpc) is 2.60. The number of nitrogens with one attached hydrogen (secondary N) is 1. The van der Waals surface area contributed by atoms with Gasteiger partial charge in [0, 0.05) is 24.7 Å². The number of benzene rings is 2. The van der Waals surface area contributed by atoms with Gasteiger partial charge >= 0.3 is 0 Å². The van der Waals surface area contributed by atoms with Crippen molar-refractivity contribution in [3.63, 3.8) is 0 Å². The molecule has 8 heteroatoms. The van der Waals surface area contributed by atoms with Gasteiger partial charge in [-0.3, -0.25) is 9.59 Å². The zero-order valence-electron chi connectivity index (χ0n) is 14.5. The molecule has 0 spiro atoms. The zero-order valence-corrected chi connectivity index (χ0v) is 14.5. The Hall–Kier alpha value is -3.16. The van der Waals surface area contributed by atoms with Crippen molar-refractivity contribution >= 4 is 23.2 Å². The predicted octanol–water partition coefficient (Wildman–Crippen LogP) is 2.97. The van der Waals surface area contributed by atoms with Crippen LogP contribution in [-0.4, -0.2) is 32.6 Å². The largest absolute Gasteiger partial charge is 0.493 e. The van der Waals surface area contributed by atoms with E-state index >= 15 is 0 Å². The van der Waals surface area contributed by atoms with Crippen LogP contribution < -0.4 is 19.7 Å². The van der Waals surface area contributed by atoms with Crippen LogP contribution in [0.15, 0.2) is 36.4 Å². The molecular formula is C18H18F2N2O4. The van der Waals surface area contributed by atoms with Crippen molar-refractivity contribution in [2.75, 3.05) is 31.0 Å². The van der Waals surface area contributed by atoms with Crippen LogP contribution in [0.2, 0.25) is 0 Å². The lowest BCUT2D eigenvalue weighted by atomic mass is 10.2. The fourth-order valence-electron chi connectivity index (χ4n) is 2.32. The Labute approximate surface area is 149 Å². The first-order valence-electron chi connectivity index (χ1n) is 7.60. The number of halogens is 2. The highest BCUT2D eigenvalue weighted by atomic mass is 19.1. The summed E-state index contributed by atoms with van der Waals surface area (Å²) in [6.45, 7) is 0.749. The third-order valence-electron chi connectivity index (χ3n) is 3.55. The quantitative estimate of drug-likeness (QED) is 0.856. The number of hydrogen-bond donors (Lipinski definition) is 1. The van der Waals surface area contributed by atoms with E-state index in [0.717, 1.165) is 17.0 Å². The first-order valence-corrected chi connectivity index (χ1v) is 7.60. The van der Waals surface area contributed by atoms with Crippen LogP contribution in [0.4, 0.5) is 20.2 Å². The number of nitrogens with zero attached hydrogens (tertiary/aromatic N) is 1. The minimum absolute atomic E-state index is 0.179. The monoisotopic (exact) mass is 364 g/mol. The Bertz CT molecular complexity index is 827. The van der Waals surface area contributed by atoms with E-state index in [4.69, 9.17) is 9.47 Å². The van der Waals surface area contributed by atoms with Crippen LogP contribution >= 0.6 is 0 Å². The molecule has 0 bridgehead atoms. The molecule has 2 aromatic rings. The summed E-state index contributed by atoms with van der Waals surface area (Å²) < 4.78 is 37.2. The van der Waals surface area contributed by atoms with Gasteiger partial charge in [0.05, 0.1) is 19.9 Å². The minimum atomic E-state index is -0.931. The van der Waals surface area contributed by atoms with E-state index in [9.17, 15) is 18.4 Å². The van der Waals surface area contributed by atoms with Gasteiger partial charge in [-0.2, -0.15) is 0 Å². The first kappa shape index (κ1) is 19.2. The van der Waals surface area contributed by atoms with Gasteiger partial charge in [0.1, 0.15) is 18.2 Å². The van der Waals surface area contributed by atoms with Crippen LogP contribution in [0.5, 0.6) is 11.5 Å². The number of rotatable bonds is 6. The molecule has 0 aliphatic heterocycles. The van der Waals surface area contributed by atoms with E-state index < -0.39 is 30.0 Å². The molecule has 0 aromatic heterocycles. The van der Waals surface area contributed by atoms with E-state index in [1.807, 2.05) is 0 Å². The molecule has 2 amide bonds. The lowest BCUT2D eigenvalue weighted by Gasteiger charge is -2.21. The van der Waals surface area contributed by atoms with Crippen LogP contribution in [0.1, 0.15) is 6.92 Å². The number of hydrogen-bond acceptors (Lipinski definition) is 4. The third kappa shape index (κ3) is 4.47. The molecular weight excluding hydrogens is 346 g/mol. The highest BCUT2D eigenvalue weighted by Gasteiger charge is 2.20. The molecule has 0 saturated heterocycles. The fourth-order valence-corrected chi connectivity index (χ4v) is 2.32. The van der Waals surface area contributed by atoms with E-state index in [2.05, 4.69) is 5.32 Å². The van der Waals surface area contributed by atoms with Gasteiger partial charge in [0.15, 0.2) is 11.5 Å². The lowest BCUT2D eigenvalue weighted by molar-refractivity contribution is -0.120. The molecule has 2 aromatic carbocycles. The molecule has 2 rings (SSSR count). The number of ether oxygens (including phenoxy) is 2. The standard InChI is InChI=1S/C18H18F2N2O4/c1-11(23)22(15-6-4-12(19)8-14(15)20)10-18(24)21-13-5-7-16(25-2)17(9-13)26-3/h4-9H,10H2,1-3H3,(H,21,24). The summed E-state index contributed by atoms with van der Waals surface area (Å²) in [5, 5.41) is 2.59. The Kier molecular flexibility index (Phi) is 6.11. The van der Waals surface area contributed by atoms with Crippen molar-refractivity contribution in [3.05, 3.63) is 48.0 Å². The number of anilines is 2. The molecule has 26 heavy (non-hydrogen) atoms. The summed E-state index contributed by atoms with van der Waals surface area (Å²) in [6, 6.07) is 7.52. The van der Waals surface area contributed by atoms with Crippen molar-refractivity contribution < 1.29 is 27.8 Å². The van der Waals surface area contributed by atoms with Crippen LogP contribution in [0, 0.1) is 11.6 Å². The predicted molar refractivity (Wildman–Crippen MR) is 92.6 cm³/mol. The van der Waals surface area contributed by atoms with Crippen molar-refractivity contribution in [2.24, 2.45) is 0 Å². The molecule has 0 saturated carbocycles. The Morgan fingerprint density at radius 1 is 1.04 bits per heavy atom. The molecule has 0 heterocycles. The smallest absolute Gasteiger partial charge is 0.244 e. The third-order valence-corrected chi connectivity index (χ3v) is 3.55.